The van der Waals surface area contributed by atoms with Crippen molar-refractivity contribution in [1.82, 2.24) is 9.55 Å². The molecule has 0 spiro atoms. The van der Waals surface area contributed by atoms with Crippen molar-refractivity contribution in [2.75, 3.05) is 5.73 Å². The monoisotopic (exact) mass is 299 g/mol. The molecule has 1 aromatic heterocycles. The largest absolute Gasteiger partial charge is 0.417 e. The van der Waals surface area contributed by atoms with Crippen molar-refractivity contribution in [3.8, 4) is 11.3 Å². The van der Waals surface area contributed by atoms with Crippen molar-refractivity contribution in [2.24, 2.45) is 7.05 Å². The van der Waals surface area contributed by atoms with Crippen molar-refractivity contribution in [3.63, 3.8) is 0 Å². The minimum absolute atomic E-state index is 0.0618. The molecule has 1 aromatic carbocycles. The highest BCUT2D eigenvalue weighted by molar-refractivity contribution is 5.74. The Morgan fingerprint density at radius 1 is 1.29 bits per heavy atom. The summed E-state index contributed by atoms with van der Waals surface area (Å²) in [4.78, 5) is 4.26. The Hall–Kier alpha value is -2.05. The highest BCUT2D eigenvalue weighted by Gasteiger charge is 2.36. The van der Waals surface area contributed by atoms with Crippen molar-refractivity contribution >= 4 is 5.82 Å². The van der Waals surface area contributed by atoms with Gasteiger partial charge in [-0.15, -0.1) is 0 Å². The van der Waals surface area contributed by atoms with E-state index in [9.17, 15) is 17.6 Å². The quantitative estimate of drug-likeness (QED) is 0.859. The van der Waals surface area contributed by atoms with E-state index in [2.05, 4.69) is 4.98 Å². The third-order valence-electron chi connectivity index (χ3n) is 3.66. The number of benzene rings is 1. The van der Waals surface area contributed by atoms with Gasteiger partial charge in [-0.2, -0.15) is 13.2 Å². The maximum atomic E-state index is 13.2. The average molecular weight is 299 g/mol. The van der Waals surface area contributed by atoms with Crippen LogP contribution in [0.3, 0.4) is 0 Å². The number of nitrogens with zero attached hydrogens (tertiary/aromatic N) is 2. The fraction of sp³-hybridized carbons (Fsp3) is 0.357. The molecule has 0 radical (unpaired) electrons. The first-order valence-corrected chi connectivity index (χ1v) is 6.48. The third-order valence-corrected chi connectivity index (χ3v) is 3.66. The smallest absolute Gasteiger partial charge is 0.383 e. The molecule has 1 heterocycles. The molecule has 3 nitrogen and oxygen atoms in total. The molecule has 0 aliphatic heterocycles. The molecular formula is C14H13F4N3. The number of halogens is 4. The zero-order valence-corrected chi connectivity index (χ0v) is 11.2. The molecule has 2 aromatic rings. The van der Waals surface area contributed by atoms with Gasteiger partial charge in [0.15, 0.2) is 0 Å². The van der Waals surface area contributed by atoms with Crippen LogP contribution in [0.1, 0.15) is 30.1 Å². The van der Waals surface area contributed by atoms with Crippen molar-refractivity contribution in [2.45, 2.75) is 24.9 Å². The molecule has 7 heteroatoms. The van der Waals surface area contributed by atoms with E-state index in [0.29, 0.717) is 11.9 Å². The summed E-state index contributed by atoms with van der Waals surface area (Å²) in [6.45, 7) is 0. The van der Waals surface area contributed by atoms with E-state index in [1.165, 1.54) is 0 Å². The van der Waals surface area contributed by atoms with Crippen LogP contribution in [0.25, 0.3) is 11.3 Å². The Labute approximate surface area is 118 Å². The predicted molar refractivity (Wildman–Crippen MR) is 70.0 cm³/mol. The standard InChI is InChI=1S/C14H13F4N3/c1-21-12(19)11(20-13(21)7-2-3-7)9-5-4-8(15)6-10(9)14(16,17)18/h4-7H,2-3,19H2,1H3. The number of nitrogens with two attached hydrogens (primary N) is 1. The van der Waals surface area contributed by atoms with Crippen molar-refractivity contribution in [3.05, 3.63) is 35.4 Å². The Morgan fingerprint density at radius 3 is 2.52 bits per heavy atom. The summed E-state index contributed by atoms with van der Waals surface area (Å²) in [6, 6.07) is 2.53. The van der Waals surface area contributed by atoms with E-state index >= 15 is 0 Å². The molecule has 1 saturated carbocycles. The molecule has 112 valence electrons. The van der Waals surface area contributed by atoms with Crippen molar-refractivity contribution in [1.29, 1.82) is 0 Å². The van der Waals surface area contributed by atoms with Crippen molar-refractivity contribution < 1.29 is 17.6 Å². The van der Waals surface area contributed by atoms with Gasteiger partial charge in [-0.05, 0) is 31.0 Å². The molecule has 0 saturated heterocycles. The second-order valence-corrected chi connectivity index (χ2v) is 5.22. The lowest BCUT2D eigenvalue weighted by Gasteiger charge is -2.12. The van der Waals surface area contributed by atoms with Crippen LogP contribution in [-0.2, 0) is 13.2 Å². The molecule has 0 bridgehead atoms. The van der Waals surface area contributed by atoms with Crippen LogP contribution >= 0.6 is 0 Å². The van der Waals surface area contributed by atoms with Gasteiger partial charge in [0.05, 0.1) is 5.56 Å². The fourth-order valence-electron chi connectivity index (χ4n) is 2.39. The Kier molecular flexibility index (Phi) is 2.96. The second-order valence-electron chi connectivity index (χ2n) is 5.22. The Bertz CT molecular complexity index is 699. The predicted octanol–water partition coefficient (Wildman–Crippen LogP) is 3.70. The maximum Gasteiger partial charge on any atom is 0.417 e. The van der Waals surface area contributed by atoms with Crippen LogP contribution in [0, 0.1) is 5.82 Å². The molecular weight excluding hydrogens is 286 g/mol. The van der Waals surface area contributed by atoms with Gasteiger partial charge in [-0.25, -0.2) is 9.37 Å². The normalized spacial score (nSPS) is 15.5. The Morgan fingerprint density at radius 2 is 1.95 bits per heavy atom. The van der Waals surface area contributed by atoms with Gasteiger partial charge in [0.2, 0.25) is 0 Å². The number of nitrogen functional groups attached to an aromatic ring is 1. The summed E-state index contributed by atoms with van der Waals surface area (Å²) in [5, 5.41) is 0. The third kappa shape index (κ3) is 2.36. The molecule has 2 N–H and O–H groups in total. The van der Waals surface area contributed by atoms with Gasteiger partial charge in [0.25, 0.3) is 0 Å². The summed E-state index contributed by atoms with van der Waals surface area (Å²) in [5.41, 5.74) is 4.70. The molecule has 0 atom stereocenters. The van der Waals surface area contributed by atoms with E-state index < -0.39 is 17.6 Å². The minimum atomic E-state index is -4.67. The first-order valence-electron chi connectivity index (χ1n) is 6.48. The number of hydrogen-bond donors (Lipinski definition) is 1. The second kappa shape index (κ2) is 4.47. The number of aromatic nitrogens is 2. The number of alkyl halides is 3. The lowest BCUT2D eigenvalue weighted by Crippen LogP contribution is -2.08. The number of hydrogen-bond acceptors (Lipinski definition) is 2. The number of rotatable bonds is 2. The molecule has 0 amide bonds. The highest BCUT2D eigenvalue weighted by Crippen LogP contribution is 2.44. The Balaban J connectivity index is 2.19. The summed E-state index contributed by atoms with van der Waals surface area (Å²) in [7, 11) is 1.68. The van der Waals surface area contributed by atoms with Gasteiger partial charge >= 0.3 is 6.18 Å². The highest BCUT2D eigenvalue weighted by atomic mass is 19.4. The summed E-state index contributed by atoms with van der Waals surface area (Å²) in [6.07, 6.45) is -2.75. The van der Waals surface area contributed by atoms with Crippen LogP contribution in [0.4, 0.5) is 23.4 Å². The summed E-state index contributed by atoms with van der Waals surface area (Å²) >= 11 is 0. The molecule has 1 fully saturated rings. The average Bonchev–Trinajstić information content (AvgIpc) is 3.19. The van der Waals surface area contributed by atoms with E-state index in [4.69, 9.17) is 5.73 Å². The minimum Gasteiger partial charge on any atom is -0.383 e. The SMILES string of the molecule is Cn1c(C2CC2)nc(-c2ccc(F)cc2C(F)(F)F)c1N. The van der Waals surface area contributed by atoms with E-state index in [-0.39, 0.29) is 23.0 Å². The van der Waals surface area contributed by atoms with E-state index in [0.717, 1.165) is 25.0 Å². The fourth-order valence-corrected chi connectivity index (χ4v) is 2.39. The lowest BCUT2D eigenvalue weighted by atomic mass is 10.0. The molecule has 21 heavy (non-hydrogen) atoms. The van der Waals surface area contributed by atoms with Gasteiger partial charge in [0, 0.05) is 18.5 Å². The van der Waals surface area contributed by atoms with Gasteiger partial charge in [0.1, 0.15) is 23.2 Å². The molecule has 3 rings (SSSR count). The molecule has 0 unspecified atom stereocenters. The van der Waals surface area contributed by atoms with Crippen LogP contribution in [0.2, 0.25) is 0 Å². The summed E-state index contributed by atoms with van der Waals surface area (Å²) < 4.78 is 54.0. The molecule has 1 aliphatic rings. The van der Waals surface area contributed by atoms with Gasteiger partial charge in [-0.3, -0.25) is 0 Å². The summed E-state index contributed by atoms with van der Waals surface area (Å²) in [5.74, 6) is 0.151. The van der Waals surface area contributed by atoms with Crippen LogP contribution in [0.15, 0.2) is 18.2 Å². The zero-order chi connectivity index (χ0) is 15.4. The van der Waals surface area contributed by atoms with Crippen LogP contribution in [0.5, 0.6) is 0 Å². The molecule has 1 aliphatic carbocycles. The number of imidazole rings is 1. The van der Waals surface area contributed by atoms with Gasteiger partial charge < -0.3 is 10.3 Å². The maximum absolute atomic E-state index is 13.2. The topological polar surface area (TPSA) is 43.8 Å². The number of anilines is 1. The van der Waals surface area contributed by atoms with Gasteiger partial charge in [-0.1, -0.05) is 0 Å². The first-order chi connectivity index (χ1) is 9.79. The zero-order valence-electron chi connectivity index (χ0n) is 11.2. The lowest BCUT2D eigenvalue weighted by molar-refractivity contribution is -0.137. The first kappa shape index (κ1) is 13.9. The van der Waals surface area contributed by atoms with E-state index in [1.54, 1.807) is 11.6 Å². The van der Waals surface area contributed by atoms with E-state index in [1.807, 2.05) is 0 Å². The van der Waals surface area contributed by atoms with Crippen LogP contribution < -0.4 is 5.73 Å². The van der Waals surface area contributed by atoms with Crippen LogP contribution in [-0.4, -0.2) is 9.55 Å².